The molecule has 0 aliphatic heterocycles. The summed E-state index contributed by atoms with van der Waals surface area (Å²) < 4.78 is 6.40. The number of ether oxygens (including phenoxy) is 1. The molecule has 19 heavy (non-hydrogen) atoms. The van der Waals surface area contributed by atoms with Crippen LogP contribution in [0.15, 0.2) is 12.5 Å². The van der Waals surface area contributed by atoms with E-state index in [1.165, 1.54) is 17.0 Å². The molecule has 0 saturated heterocycles. The molecule has 2 rings (SSSR count). The van der Waals surface area contributed by atoms with E-state index in [1.807, 2.05) is 6.07 Å². The number of hydrogen-bond donors (Lipinski definition) is 1. The van der Waals surface area contributed by atoms with Crippen LogP contribution in [0, 0.1) is 11.3 Å². The van der Waals surface area contributed by atoms with Crippen LogP contribution in [-0.4, -0.2) is 31.3 Å². The third-order valence-electron chi connectivity index (χ3n) is 2.04. The molecule has 8 heteroatoms. The quantitative estimate of drug-likeness (QED) is 0.829. The molecule has 1 N–H and O–H groups in total. The van der Waals surface area contributed by atoms with Crippen LogP contribution < -0.4 is 5.32 Å². The van der Waals surface area contributed by atoms with Gasteiger partial charge < -0.3 is 4.74 Å². The van der Waals surface area contributed by atoms with E-state index in [9.17, 15) is 4.79 Å². The normalized spacial score (nSPS) is 11.1. The van der Waals surface area contributed by atoms with Crippen LogP contribution in [-0.2, 0) is 4.74 Å². The minimum absolute atomic E-state index is 0.186. The molecule has 1 amide bonds. The molecule has 2 aromatic heterocycles. The molecule has 0 bridgehead atoms. The van der Waals surface area contributed by atoms with Gasteiger partial charge in [0.25, 0.3) is 0 Å². The Balaban J connectivity index is 2.29. The van der Waals surface area contributed by atoms with Crippen LogP contribution >= 0.6 is 0 Å². The van der Waals surface area contributed by atoms with Gasteiger partial charge in [-0.15, -0.1) is 0 Å². The Morgan fingerprint density at radius 3 is 2.84 bits per heavy atom. The van der Waals surface area contributed by atoms with Gasteiger partial charge in [-0.05, 0) is 20.8 Å². The summed E-state index contributed by atoms with van der Waals surface area (Å²) in [5, 5.41) is 15.2. The monoisotopic (exact) mass is 260 g/mol. The summed E-state index contributed by atoms with van der Waals surface area (Å²) >= 11 is 0. The molecule has 98 valence electrons. The molecule has 0 saturated carbocycles. The van der Waals surface area contributed by atoms with Gasteiger partial charge in [0.15, 0.2) is 17.2 Å². The number of rotatable bonds is 1. The Kier molecular flexibility index (Phi) is 3.04. The first kappa shape index (κ1) is 12.8. The Labute approximate surface area is 109 Å². The van der Waals surface area contributed by atoms with Gasteiger partial charge in [-0.2, -0.15) is 14.9 Å². The molecule has 0 aliphatic rings. The van der Waals surface area contributed by atoms with Gasteiger partial charge in [0.05, 0.1) is 6.20 Å². The maximum Gasteiger partial charge on any atom is 0.413 e. The fourth-order valence-electron chi connectivity index (χ4n) is 1.38. The Hall–Kier alpha value is -2.69. The summed E-state index contributed by atoms with van der Waals surface area (Å²) in [7, 11) is 0. The van der Waals surface area contributed by atoms with E-state index in [0.717, 1.165) is 0 Å². The van der Waals surface area contributed by atoms with E-state index in [4.69, 9.17) is 10.00 Å². The van der Waals surface area contributed by atoms with Crippen molar-refractivity contribution in [3.8, 4) is 6.07 Å². The first-order valence-corrected chi connectivity index (χ1v) is 5.49. The van der Waals surface area contributed by atoms with Gasteiger partial charge in [0.2, 0.25) is 0 Å². The van der Waals surface area contributed by atoms with Crippen molar-refractivity contribution < 1.29 is 9.53 Å². The molecule has 0 unspecified atom stereocenters. The molecule has 2 heterocycles. The van der Waals surface area contributed by atoms with E-state index < -0.39 is 11.7 Å². The number of nitrogens with zero attached hydrogens (tertiary/aromatic N) is 5. The first-order valence-electron chi connectivity index (χ1n) is 5.49. The fraction of sp³-hybridized carbons (Fsp3) is 0.364. The first-order chi connectivity index (χ1) is 8.90. The van der Waals surface area contributed by atoms with Crippen LogP contribution in [0.2, 0.25) is 0 Å². The molecular weight excluding hydrogens is 248 g/mol. The number of nitriles is 1. The second-order valence-corrected chi connectivity index (χ2v) is 4.73. The standard InChI is InChI=1S/C11H12N6O2/c1-11(2,3)19-10(18)16-8-9-13-5-7(4-12)17(9)15-6-14-8/h5-6H,1-3H3,(H,14,15,16,18). The van der Waals surface area contributed by atoms with E-state index >= 15 is 0 Å². The predicted octanol–water partition coefficient (Wildman–Crippen LogP) is 1.34. The van der Waals surface area contributed by atoms with E-state index in [2.05, 4.69) is 20.4 Å². The van der Waals surface area contributed by atoms with Crippen molar-refractivity contribution >= 4 is 17.6 Å². The second kappa shape index (κ2) is 4.53. The largest absolute Gasteiger partial charge is 0.444 e. The van der Waals surface area contributed by atoms with Gasteiger partial charge in [-0.3, -0.25) is 5.32 Å². The smallest absolute Gasteiger partial charge is 0.413 e. The van der Waals surface area contributed by atoms with Crippen molar-refractivity contribution in [2.24, 2.45) is 0 Å². The topological polar surface area (TPSA) is 105 Å². The summed E-state index contributed by atoms with van der Waals surface area (Å²) in [6.45, 7) is 5.27. The maximum atomic E-state index is 11.7. The number of imidazole rings is 1. The highest BCUT2D eigenvalue weighted by Gasteiger charge is 2.18. The van der Waals surface area contributed by atoms with E-state index in [0.29, 0.717) is 0 Å². The van der Waals surface area contributed by atoms with Crippen molar-refractivity contribution in [3.63, 3.8) is 0 Å². The lowest BCUT2D eigenvalue weighted by Crippen LogP contribution is -2.27. The number of hydrogen-bond acceptors (Lipinski definition) is 6. The van der Waals surface area contributed by atoms with Crippen molar-refractivity contribution in [2.45, 2.75) is 26.4 Å². The summed E-state index contributed by atoms with van der Waals surface area (Å²) in [5.74, 6) is 0.186. The summed E-state index contributed by atoms with van der Waals surface area (Å²) in [5.41, 5.74) is -0.0739. The fourth-order valence-corrected chi connectivity index (χ4v) is 1.38. The van der Waals surface area contributed by atoms with Gasteiger partial charge in [0.1, 0.15) is 18.0 Å². The number of carbonyl (C=O) groups excluding carboxylic acids is 1. The molecule has 2 aromatic rings. The lowest BCUT2D eigenvalue weighted by atomic mass is 10.2. The molecule has 0 aliphatic carbocycles. The van der Waals surface area contributed by atoms with Crippen molar-refractivity contribution in [2.75, 3.05) is 5.32 Å². The van der Waals surface area contributed by atoms with Gasteiger partial charge >= 0.3 is 6.09 Å². The van der Waals surface area contributed by atoms with Crippen molar-refractivity contribution in [3.05, 3.63) is 18.2 Å². The zero-order chi connectivity index (χ0) is 14.0. The minimum Gasteiger partial charge on any atom is -0.444 e. The lowest BCUT2D eigenvalue weighted by molar-refractivity contribution is 0.0635. The number of carbonyl (C=O) groups is 1. The molecule has 0 spiro atoms. The van der Waals surface area contributed by atoms with Crippen LogP contribution in [0.5, 0.6) is 0 Å². The number of amides is 1. The van der Waals surface area contributed by atoms with Crippen molar-refractivity contribution in [1.82, 2.24) is 19.6 Å². The minimum atomic E-state index is -0.644. The average Bonchev–Trinajstić information content (AvgIpc) is 2.70. The predicted molar refractivity (Wildman–Crippen MR) is 65.4 cm³/mol. The van der Waals surface area contributed by atoms with Crippen LogP contribution in [0.25, 0.3) is 5.65 Å². The molecule has 0 radical (unpaired) electrons. The molecule has 0 atom stereocenters. The van der Waals surface area contributed by atoms with Gasteiger partial charge in [-0.25, -0.2) is 14.8 Å². The highest BCUT2D eigenvalue weighted by Crippen LogP contribution is 2.14. The molecule has 0 fully saturated rings. The Morgan fingerprint density at radius 2 is 2.21 bits per heavy atom. The van der Waals surface area contributed by atoms with Crippen LogP contribution in [0.3, 0.4) is 0 Å². The van der Waals surface area contributed by atoms with Crippen molar-refractivity contribution in [1.29, 1.82) is 5.26 Å². The average molecular weight is 260 g/mol. The van der Waals surface area contributed by atoms with Gasteiger partial charge in [0, 0.05) is 0 Å². The number of aromatic nitrogens is 4. The van der Waals surface area contributed by atoms with E-state index in [1.54, 1.807) is 20.8 Å². The number of nitrogens with one attached hydrogen (secondary N) is 1. The number of fused-ring (bicyclic) bond motifs is 1. The third kappa shape index (κ3) is 2.77. The summed E-state index contributed by atoms with van der Waals surface area (Å²) in [6, 6.07) is 1.93. The molecule has 0 aromatic carbocycles. The lowest BCUT2D eigenvalue weighted by Gasteiger charge is -2.19. The summed E-state index contributed by atoms with van der Waals surface area (Å²) in [6.07, 6.45) is 1.93. The SMILES string of the molecule is CC(C)(C)OC(=O)Nc1ncnn2c(C#N)cnc12. The Morgan fingerprint density at radius 1 is 1.47 bits per heavy atom. The maximum absolute atomic E-state index is 11.7. The zero-order valence-corrected chi connectivity index (χ0v) is 10.7. The summed E-state index contributed by atoms with van der Waals surface area (Å²) in [4.78, 5) is 19.5. The zero-order valence-electron chi connectivity index (χ0n) is 10.7. The van der Waals surface area contributed by atoms with E-state index in [-0.39, 0.29) is 17.2 Å². The highest BCUT2D eigenvalue weighted by atomic mass is 16.6. The second-order valence-electron chi connectivity index (χ2n) is 4.73. The molecular formula is C11H12N6O2. The number of anilines is 1. The highest BCUT2D eigenvalue weighted by molar-refractivity contribution is 5.87. The van der Waals surface area contributed by atoms with Gasteiger partial charge in [-0.1, -0.05) is 0 Å². The Bertz CT molecular complexity index is 664. The van der Waals surface area contributed by atoms with Crippen LogP contribution in [0.4, 0.5) is 10.6 Å². The third-order valence-corrected chi connectivity index (χ3v) is 2.04. The molecule has 8 nitrogen and oxygen atoms in total. The van der Waals surface area contributed by atoms with Crippen LogP contribution in [0.1, 0.15) is 26.5 Å².